The molecular formula is C16H12N2O3S. The summed E-state index contributed by atoms with van der Waals surface area (Å²) in [6.07, 6.45) is 0. The summed E-state index contributed by atoms with van der Waals surface area (Å²) in [5.41, 5.74) is 0.379. The lowest BCUT2D eigenvalue weighted by Crippen LogP contribution is -2.13. The molecule has 1 heterocycles. The van der Waals surface area contributed by atoms with Crippen molar-refractivity contribution in [3.8, 4) is 6.07 Å². The molecule has 0 radical (unpaired) electrons. The summed E-state index contributed by atoms with van der Waals surface area (Å²) in [6, 6.07) is 15.6. The summed E-state index contributed by atoms with van der Waals surface area (Å²) < 4.78 is 24.8. The number of rotatable bonds is 3. The second-order valence-electron chi connectivity index (χ2n) is 4.94. The van der Waals surface area contributed by atoms with Gasteiger partial charge in [0, 0.05) is 5.56 Å². The maximum absolute atomic E-state index is 12.4. The van der Waals surface area contributed by atoms with Crippen molar-refractivity contribution in [1.82, 2.24) is 4.90 Å². The van der Waals surface area contributed by atoms with Crippen molar-refractivity contribution in [3.05, 3.63) is 60.2 Å². The molecule has 5 nitrogen and oxygen atoms in total. The number of nitriles is 1. The monoisotopic (exact) mass is 312 g/mol. The van der Waals surface area contributed by atoms with Crippen molar-refractivity contribution in [2.45, 2.75) is 15.8 Å². The van der Waals surface area contributed by atoms with Crippen LogP contribution in [0.1, 0.15) is 10.4 Å². The van der Waals surface area contributed by atoms with Crippen LogP contribution in [-0.2, 0) is 9.84 Å². The Morgan fingerprint density at radius 3 is 2.18 bits per heavy atom. The Morgan fingerprint density at radius 2 is 1.64 bits per heavy atom. The Morgan fingerprint density at radius 1 is 1.05 bits per heavy atom. The van der Waals surface area contributed by atoms with Gasteiger partial charge in [-0.25, -0.2) is 8.42 Å². The van der Waals surface area contributed by atoms with Crippen molar-refractivity contribution in [3.63, 3.8) is 0 Å². The number of carbonyl (C=O) groups excluding carboxylic acids is 1. The first-order chi connectivity index (χ1) is 10.5. The smallest absolute Gasteiger partial charge is 0.255 e. The fraction of sp³-hybridized carbons (Fsp3) is 0.125. The highest BCUT2D eigenvalue weighted by molar-refractivity contribution is 7.91. The first-order valence-corrected chi connectivity index (χ1v) is 8.13. The largest absolute Gasteiger partial charge is 0.318 e. The molecular weight excluding hydrogens is 300 g/mol. The molecule has 3 rings (SSSR count). The zero-order valence-electron chi connectivity index (χ0n) is 11.5. The highest BCUT2D eigenvalue weighted by Gasteiger charge is 2.38. The van der Waals surface area contributed by atoms with E-state index in [2.05, 4.69) is 0 Å². The standard InChI is InChI=1S/C16H12N2O3S/c17-10-13-11-18(13)16(19)12-6-8-15(9-7-12)22(20,21)14-4-2-1-3-5-14/h1-9,13H,11H2. The number of sulfone groups is 1. The normalized spacial score (nSPS) is 16.9. The van der Waals surface area contributed by atoms with Crippen LogP contribution >= 0.6 is 0 Å². The molecule has 1 aliphatic heterocycles. The lowest BCUT2D eigenvalue weighted by molar-refractivity contribution is 0.0879. The molecule has 0 N–H and O–H groups in total. The minimum atomic E-state index is -3.58. The summed E-state index contributed by atoms with van der Waals surface area (Å²) >= 11 is 0. The summed E-state index contributed by atoms with van der Waals surface area (Å²) in [5, 5.41) is 8.73. The molecule has 2 aromatic carbocycles. The van der Waals surface area contributed by atoms with E-state index >= 15 is 0 Å². The van der Waals surface area contributed by atoms with E-state index in [0.717, 1.165) is 0 Å². The fourth-order valence-electron chi connectivity index (χ4n) is 2.15. The van der Waals surface area contributed by atoms with E-state index in [1.54, 1.807) is 18.2 Å². The van der Waals surface area contributed by atoms with Crippen molar-refractivity contribution < 1.29 is 13.2 Å². The Labute approximate surface area is 128 Å². The van der Waals surface area contributed by atoms with Crippen LogP contribution < -0.4 is 0 Å². The molecule has 22 heavy (non-hydrogen) atoms. The van der Waals surface area contributed by atoms with E-state index < -0.39 is 9.84 Å². The van der Waals surface area contributed by atoms with E-state index in [9.17, 15) is 13.2 Å². The van der Waals surface area contributed by atoms with Crippen LogP contribution in [0, 0.1) is 11.3 Å². The van der Waals surface area contributed by atoms with Gasteiger partial charge in [-0.1, -0.05) is 18.2 Å². The van der Waals surface area contributed by atoms with Gasteiger partial charge in [-0.15, -0.1) is 0 Å². The van der Waals surface area contributed by atoms with Gasteiger partial charge < -0.3 is 4.90 Å². The van der Waals surface area contributed by atoms with Crippen LogP contribution in [0.15, 0.2) is 64.4 Å². The molecule has 1 unspecified atom stereocenters. The van der Waals surface area contributed by atoms with Gasteiger partial charge in [0.15, 0.2) is 0 Å². The van der Waals surface area contributed by atoms with Crippen LogP contribution in [0.5, 0.6) is 0 Å². The van der Waals surface area contributed by atoms with Gasteiger partial charge in [-0.3, -0.25) is 4.79 Å². The van der Waals surface area contributed by atoms with Crippen LogP contribution in [0.2, 0.25) is 0 Å². The van der Waals surface area contributed by atoms with Gasteiger partial charge in [0.1, 0.15) is 6.04 Å². The molecule has 2 aromatic rings. The third kappa shape index (κ3) is 2.47. The first kappa shape index (κ1) is 14.3. The van der Waals surface area contributed by atoms with Crippen LogP contribution in [0.25, 0.3) is 0 Å². The van der Waals surface area contributed by atoms with Gasteiger partial charge in [0.25, 0.3) is 5.91 Å². The molecule has 1 aliphatic rings. The minimum Gasteiger partial charge on any atom is -0.318 e. The zero-order chi connectivity index (χ0) is 15.7. The molecule has 6 heteroatoms. The number of amides is 1. The topological polar surface area (TPSA) is 78.0 Å². The molecule has 0 aromatic heterocycles. The van der Waals surface area contributed by atoms with Gasteiger partial charge in [-0.05, 0) is 36.4 Å². The summed E-state index contributed by atoms with van der Waals surface area (Å²) in [6.45, 7) is 0.430. The average molecular weight is 312 g/mol. The lowest BCUT2D eigenvalue weighted by atomic mass is 10.2. The number of benzene rings is 2. The lowest BCUT2D eigenvalue weighted by Gasteiger charge is -2.06. The average Bonchev–Trinajstić information content (AvgIpc) is 3.35. The summed E-state index contributed by atoms with van der Waals surface area (Å²) in [5.74, 6) is -0.254. The second kappa shape index (κ2) is 5.28. The number of hydrogen-bond donors (Lipinski definition) is 0. The van der Waals surface area contributed by atoms with Gasteiger partial charge in [0.05, 0.1) is 22.4 Å². The molecule has 0 spiro atoms. The highest BCUT2D eigenvalue weighted by atomic mass is 32.2. The van der Waals surface area contributed by atoms with Crippen molar-refractivity contribution in [2.75, 3.05) is 6.54 Å². The maximum Gasteiger partial charge on any atom is 0.255 e. The third-order valence-corrected chi connectivity index (χ3v) is 5.27. The number of carbonyl (C=O) groups is 1. The fourth-order valence-corrected chi connectivity index (χ4v) is 3.43. The molecule has 1 fully saturated rings. The van der Waals surface area contributed by atoms with Gasteiger partial charge in [-0.2, -0.15) is 5.26 Å². The molecule has 0 bridgehead atoms. The quantitative estimate of drug-likeness (QED) is 0.811. The molecule has 0 aliphatic carbocycles. The van der Waals surface area contributed by atoms with E-state index in [-0.39, 0.29) is 21.7 Å². The van der Waals surface area contributed by atoms with Gasteiger partial charge >= 0.3 is 0 Å². The SMILES string of the molecule is N#CC1CN1C(=O)c1ccc(S(=O)(=O)c2ccccc2)cc1. The predicted octanol–water partition coefficient (Wildman–Crippen LogP) is 1.87. The van der Waals surface area contributed by atoms with Crippen LogP contribution in [-0.4, -0.2) is 31.8 Å². The van der Waals surface area contributed by atoms with Crippen molar-refractivity contribution >= 4 is 15.7 Å². The Balaban J connectivity index is 1.86. The van der Waals surface area contributed by atoms with E-state index in [1.807, 2.05) is 6.07 Å². The van der Waals surface area contributed by atoms with Crippen LogP contribution in [0.4, 0.5) is 0 Å². The second-order valence-corrected chi connectivity index (χ2v) is 6.89. The highest BCUT2D eigenvalue weighted by Crippen LogP contribution is 2.23. The predicted molar refractivity (Wildman–Crippen MR) is 78.8 cm³/mol. The molecule has 110 valence electrons. The summed E-state index contributed by atoms with van der Waals surface area (Å²) in [4.78, 5) is 13.8. The Hall–Kier alpha value is -2.65. The summed E-state index contributed by atoms with van der Waals surface area (Å²) in [7, 11) is -3.58. The molecule has 1 saturated heterocycles. The van der Waals surface area contributed by atoms with Crippen LogP contribution in [0.3, 0.4) is 0 Å². The molecule has 1 atom stereocenters. The first-order valence-electron chi connectivity index (χ1n) is 6.65. The van der Waals surface area contributed by atoms with E-state index in [0.29, 0.717) is 12.1 Å². The van der Waals surface area contributed by atoms with Crippen molar-refractivity contribution in [1.29, 1.82) is 5.26 Å². The Kier molecular flexibility index (Phi) is 3.43. The maximum atomic E-state index is 12.4. The van der Waals surface area contributed by atoms with E-state index in [4.69, 9.17) is 5.26 Å². The molecule has 1 amide bonds. The van der Waals surface area contributed by atoms with E-state index in [1.165, 1.54) is 41.3 Å². The Bertz CT molecular complexity index is 853. The number of nitrogens with zero attached hydrogens (tertiary/aromatic N) is 2. The zero-order valence-corrected chi connectivity index (χ0v) is 12.3. The number of hydrogen-bond acceptors (Lipinski definition) is 4. The third-order valence-electron chi connectivity index (χ3n) is 3.49. The minimum absolute atomic E-state index is 0.137. The van der Waals surface area contributed by atoms with Crippen molar-refractivity contribution in [2.24, 2.45) is 0 Å². The molecule has 0 saturated carbocycles. The van der Waals surface area contributed by atoms with Gasteiger partial charge in [0.2, 0.25) is 9.84 Å².